The molecule has 0 unspecified atom stereocenters. The highest BCUT2D eigenvalue weighted by molar-refractivity contribution is 5.38. The second kappa shape index (κ2) is 7.04. The largest absolute Gasteiger partial charge is 0.357 e. The summed E-state index contributed by atoms with van der Waals surface area (Å²) in [7, 11) is 2.07. The zero-order chi connectivity index (χ0) is 16.2. The molecular weight excluding hydrogens is 296 g/mol. The molecule has 3 nitrogen and oxygen atoms in total. The van der Waals surface area contributed by atoms with E-state index in [1.54, 1.807) is 6.20 Å². The molecule has 3 rings (SSSR count). The molecule has 1 aliphatic rings. The van der Waals surface area contributed by atoms with E-state index in [1.807, 2.05) is 18.2 Å². The van der Waals surface area contributed by atoms with Crippen LogP contribution in [0.5, 0.6) is 0 Å². The van der Waals surface area contributed by atoms with Gasteiger partial charge in [0.15, 0.2) is 0 Å². The van der Waals surface area contributed by atoms with Crippen LogP contribution in [0, 0.1) is 11.6 Å². The molecule has 0 atom stereocenters. The lowest BCUT2D eigenvalue weighted by molar-refractivity contribution is 0.203. The monoisotopic (exact) mass is 317 g/mol. The topological polar surface area (TPSA) is 19.4 Å². The number of hydrogen-bond acceptors (Lipinski definition) is 3. The van der Waals surface area contributed by atoms with Gasteiger partial charge in [0.2, 0.25) is 0 Å². The van der Waals surface area contributed by atoms with E-state index in [0.29, 0.717) is 18.2 Å². The van der Waals surface area contributed by atoms with Crippen molar-refractivity contribution in [3.63, 3.8) is 0 Å². The number of rotatable bonds is 4. The quantitative estimate of drug-likeness (QED) is 0.861. The molecule has 0 aliphatic carbocycles. The standard InChI is InChI=1S/C18H21F2N3/c1-22(18-4-2-3-7-21-18)17-5-8-23(9-6-17)13-14-10-15(19)12-16(20)11-14/h2-4,7,10-12,17H,5-6,8-9,13H2,1H3. The van der Waals surface area contributed by atoms with Gasteiger partial charge >= 0.3 is 0 Å². The highest BCUT2D eigenvalue weighted by atomic mass is 19.1. The predicted molar refractivity (Wildman–Crippen MR) is 87.3 cm³/mol. The number of nitrogens with zero attached hydrogens (tertiary/aromatic N) is 3. The normalized spacial score (nSPS) is 16.5. The average Bonchev–Trinajstić information content (AvgIpc) is 2.55. The van der Waals surface area contributed by atoms with Crippen LogP contribution in [0.25, 0.3) is 0 Å². The van der Waals surface area contributed by atoms with Crippen LogP contribution in [0.4, 0.5) is 14.6 Å². The number of halogens is 2. The highest BCUT2D eigenvalue weighted by Crippen LogP contribution is 2.21. The highest BCUT2D eigenvalue weighted by Gasteiger charge is 2.23. The first-order valence-electron chi connectivity index (χ1n) is 7.93. The molecule has 122 valence electrons. The molecule has 0 N–H and O–H groups in total. The lowest BCUT2D eigenvalue weighted by atomic mass is 10.0. The third kappa shape index (κ3) is 4.05. The number of aromatic nitrogens is 1. The van der Waals surface area contributed by atoms with Gasteiger partial charge in [0, 0.05) is 45.0 Å². The molecule has 5 heteroatoms. The molecule has 1 aromatic heterocycles. The molecule has 0 amide bonds. The first-order valence-corrected chi connectivity index (χ1v) is 7.93. The van der Waals surface area contributed by atoms with Crippen molar-refractivity contribution < 1.29 is 8.78 Å². The fraction of sp³-hybridized carbons (Fsp3) is 0.389. The molecule has 1 aliphatic heterocycles. The summed E-state index contributed by atoms with van der Waals surface area (Å²) in [6.45, 7) is 2.43. The maximum atomic E-state index is 13.3. The first kappa shape index (κ1) is 15.9. The maximum absolute atomic E-state index is 13.3. The van der Waals surface area contributed by atoms with E-state index in [4.69, 9.17) is 0 Å². The number of piperidine rings is 1. The third-order valence-corrected chi connectivity index (χ3v) is 4.44. The van der Waals surface area contributed by atoms with Crippen molar-refractivity contribution >= 4 is 5.82 Å². The Hall–Kier alpha value is -2.01. The first-order chi connectivity index (χ1) is 11.1. The Bertz CT molecular complexity index is 620. The Balaban J connectivity index is 1.56. The van der Waals surface area contributed by atoms with E-state index >= 15 is 0 Å². The molecule has 23 heavy (non-hydrogen) atoms. The van der Waals surface area contributed by atoms with Crippen LogP contribution >= 0.6 is 0 Å². The number of benzene rings is 1. The molecule has 0 radical (unpaired) electrons. The third-order valence-electron chi connectivity index (χ3n) is 4.44. The van der Waals surface area contributed by atoms with Crippen molar-refractivity contribution in [2.24, 2.45) is 0 Å². The predicted octanol–water partition coefficient (Wildman–Crippen LogP) is 3.46. The minimum atomic E-state index is -0.509. The van der Waals surface area contributed by atoms with E-state index in [2.05, 4.69) is 21.8 Å². The van der Waals surface area contributed by atoms with Crippen molar-refractivity contribution in [3.05, 3.63) is 59.8 Å². The number of likely N-dealkylation sites (tertiary alicyclic amines) is 1. The Labute approximate surface area is 135 Å². The summed E-state index contributed by atoms with van der Waals surface area (Å²) in [5, 5.41) is 0. The minimum Gasteiger partial charge on any atom is -0.357 e. The van der Waals surface area contributed by atoms with Crippen LogP contribution in [-0.2, 0) is 6.54 Å². The van der Waals surface area contributed by atoms with Crippen molar-refractivity contribution in [1.82, 2.24) is 9.88 Å². The van der Waals surface area contributed by atoms with Gasteiger partial charge in [-0.15, -0.1) is 0 Å². The van der Waals surface area contributed by atoms with Crippen LogP contribution in [0.3, 0.4) is 0 Å². The second-order valence-corrected chi connectivity index (χ2v) is 6.08. The van der Waals surface area contributed by atoms with Gasteiger partial charge < -0.3 is 4.90 Å². The molecule has 0 bridgehead atoms. The van der Waals surface area contributed by atoms with Crippen LogP contribution < -0.4 is 4.90 Å². The van der Waals surface area contributed by atoms with Gasteiger partial charge in [-0.1, -0.05) is 6.07 Å². The van der Waals surface area contributed by atoms with Gasteiger partial charge in [0.1, 0.15) is 17.5 Å². The lowest BCUT2D eigenvalue weighted by Gasteiger charge is -2.37. The van der Waals surface area contributed by atoms with Gasteiger partial charge in [-0.3, -0.25) is 4.90 Å². The van der Waals surface area contributed by atoms with E-state index in [-0.39, 0.29) is 0 Å². The Kier molecular flexibility index (Phi) is 4.86. The summed E-state index contributed by atoms with van der Waals surface area (Å²) >= 11 is 0. The molecule has 0 saturated carbocycles. The van der Waals surface area contributed by atoms with Crippen molar-refractivity contribution in [2.75, 3.05) is 25.0 Å². The van der Waals surface area contributed by atoms with Gasteiger partial charge in [-0.2, -0.15) is 0 Å². The Morgan fingerprint density at radius 2 is 1.83 bits per heavy atom. The molecular formula is C18H21F2N3. The van der Waals surface area contributed by atoms with Gasteiger partial charge in [0.05, 0.1) is 0 Å². The molecule has 1 fully saturated rings. The zero-order valence-corrected chi connectivity index (χ0v) is 13.3. The van der Waals surface area contributed by atoms with Gasteiger partial charge in [-0.05, 0) is 42.7 Å². The molecule has 2 aromatic rings. The van der Waals surface area contributed by atoms with Crippen molar-refractivity contribution in [1.29, 1.82) is 0 Å². The zero-order valence-electron chi connectivity index (χ0n) is 13.3. The van der Waals surface area contributed by atoms with Gasteiger partial charge in [-0.25, -0.2) is 13.8 Å². The van der Waals surface area contributed by atoms with E-state index in [0.717, 1.165) is 37.8 Å². The van der Waals surface area contributed by atoms with E-state index in [9.17, 15) is 8.78 Å². The average molecular weight is 317 g/mol. The van der Waals surface area contributed by atoms with Crippen molar-refractivity contribution in [2.45, 2.75) is 25.4 Å². The summed E-state index contributed by atoms with van der Waals surface area (Å²) < 4.78 is 26.5. The number of anilines is 1. The minimum absolute atomic E-state index is 0.449. The molecule has 2 heterocycles. The van der Waals surface area contributed by atoms with E-state index < -0.39 is 11.6 Å². The van der Waals surface area contributed by atoms with Gasteiger partial charge in [0.25, 0.3) is 0 Å². The van der Waals surface area contributed by atoms with Crippen molar-refractivity contribution in [3.8, 4) is 0 Å². The SMILES string of the molecule is CN(c1ccccn1)C1CCN(Cc2cc(F)cc(F)c2)CC1. The van der Waals surface area contributed by atoms with Crippen LogP contribution in [0.2, 0.25) is 0 Å². The summed E-state index contributed by atoms with van der Waals surface area (Å²) in [4.78, 5) is 8.86. The maximum Gasteiger partial charge on any atom is 0.128 e. The molecule has 1 aromatic carbocycles. The Morgan fingerprint density at radius 1 is 1.13 bits per heavy atom. The number of hydrogen-bond donors (Lipinski definition) is 0. The molecule has 1 saturated heterocycles. The second-order valence-electron chi connectivity index (χ2n) is 6.08. The molecule has 0 spiro atoms. The fourth-order valence-electron chi connectivity index (χ4n) is 3.17. The fourth-order valence-corrected chi connectivity index (χ4v) is 3.17. The van der Waals surface area contributed by atoms with E-state index in [1.165, 1.54) is 12.1 Å². The summed E-state index contributed by atoms with van der Waals surface area (Å²) in [6.07, 6.45) is 3.84. The number of pyridine rings is 1. The Morgan fingerprint density at radius 3 is 2.43 bits per heavy atom. The summed E-state index contributed by atoms with van der Waals surface area (Å²) in [6, 6.07) is 10.1. The summed E-state index contributed by atoms with van der Waals surface area (Å²) in [5.41, 5.74) is 0.694. The summed E-state index contributed by atoms with van der Waals surface area (Å²) in [5.74, 6) is -0.0345. The van der Waals surface area contributed by atoms with Crippen LogP contribution in [-0.4, -0.2) is 36.1 Å². The lowest BCUT2D eigenvalue weighted by Crippen LogP contribution is -2.43. The van der Waals surface area contributed by atoms with Crippen LogP contribution in [0.1, 0.15) is 18.4 Å². The smallest absolute Gasteiger partial charge is 0.128 e. The van der Waals surface area contributed by atoms with Crippen LogP contribution in [0.15, 0.2) is 42.6 Å².